The normalized spacial score (nSPS) is 10.3. The van der Waals surface area contributed by atoms with Crippen LogP contribution < -0.4 is 10.1 Å². The van der Waals surface area contributed by atoms with Crippen LogP contribution in [0.4, 0.5) is 5.69 Å². The molecule has 0 aliphatic carbocycles. The second-order valence-electron chi connectivity index (χ2n) is 5.77. The minimum absolute atomic E-state index is 0.0352. The highest BCUT2D eigenvalue weighted by Crippen LogP contribution is 2.17. The summed E-state index contributed by atoms with van der Waals surface area (Å²) in [5.41, 5.74) is 1.61. The topological polar surface area (TPSA) is 71.5 Å². The standard InChI is InChI=1S/C20H25N3O3/c1-4-11-26-18-12-17(13-21-14-18)22-19(24)15-7-9-16(10-8-15)20(25)23(5-2)6-3/h7-10,12-14H,4-6,11H2,1-3H3,(H,22,24). The van der Waals surface area contributed by atoms with Crippen molar-refractivity contribution in [2.24, 2.45) is 0 Å². The van der Waals surface area contributed by atoms with Crippen LogP contribution in [0.1, 0.15) is 47.9 Å². The van der Waals surface area contributed by atoms with Crippen molar-refractivity contribution in [1.29, 1.82) is 0 Å². The fraction of sp³-hybridized carbons (Fsp3) is 0.350. The number of ether oxygens (including phenoxy) is 1. The number of aromatic nitrogens is 1. The number of carbonyl (C=O) groups excluding carboxylic acids is 2. The lowest BCUT2D eigenvalue weighted by Gasteiger charge is -2.18. The minimum atomic E-state index is -0.263. The number of rotatable bonds is 8. The molecule has 1 N–H and O–H groups in total. The van der Waals surface area contributed by atoms with Gasteiger partial charge in [-0.2, -0.15) is 0 Å². The van der Waals surface area contributed by atoms with E-state index in [4.69, 9.17) is 4.74 Å². The molecule has 0 fully saturated rings. The second kappa shape index (κ2) is 9.56. The van der Waals surface area contributed by atoms with Crippen molar-refractivity contribution in [2.75, 3.05) is 25.0 Å². The van der Waals surface area contributed by atoms with Crippen molar-refractivity contribution in [2.45, 2.75) is 27.2 Å². The minimum Gasteiger partial charge on any atom is -0.492 e. The van der Waals surface area contributed by atoms with Crippen molar-refractivity contribution < 1.29 is 14.3 Å². The van der Waals surface area contributed by atoms with Gasteiger partial charge in [0.25, 0.3) is 11.8 Å². The molecule has 0 bridgehead atoms. The number of nitrogens with one attached hydrogen (secondary N) is 1. The lowest BCUT2D eigenvalue weighted by Crippen LogP contribution is -2.30. The number of anilines is 1. The van der Waals surface area contributed by atoms with Gasteiger partial charge in [0.05, 0.1) is 24.7 Å². The molecular formula is C20H25N3O3. The van der Waals surface area contributed by atoms with E-state index < -0.39 is 0 Å². The molecule has 2 aromatic rings. The molecule has 1 heterocycles. The van der Waals surface area contributed by atoms with Crippen molar-refractivity contribution in [3.8, 4) is 5.75 Å². The van der Waals surface area contributed by atoms with Crippen LogP contribution in [-0.2, 0) is 0 Å². The molecule has 0 saturated carbocycles. The lowest BCUT2D eigenvalue weighted by molar-refractivity contribution is 0.0772. The third-order valence-corrected chi connectivity index (χ3v) is 3.89. The molecule has 0 radical (unpaired) electrons. The monoisotopic (exact) mass is 355 g/mol. The number of hydrogen-bond acceptors (Lipinski definition) is 4. The third kappa shape index (κ3) is 5.05. The Morgan fingerprint density at radius 1 is 1.04 bits per heavy atom. The molecule has 1 aromatic heterocycles. The highest BCUT2D eigenvalue weighted by Gasteiger charge is 2.13. The van der Waals surface area contributed by atoms with Crippen LogP contribution in [-0.4, -0.2) is 41.4 Å². The quantitative estimate of drug-likeness (QED) is 0.785. The average molecular weight is 355 g/mol. The molecule has 0 unspecified atom stereocenters. The van der Waals surface area contributed by atoms with E-state index in [1.165, 1.54) is 0 Å². The molecule has 6 heteroatoms. The van der Waals surface area contributed by atoms with E-state index in [2.05, 4.69) is 10.3 Å². The molecule has 0 atom stereocenters. The molecule has 0 saturated heterocycles. The van der Waals surface area contributed by atoms with Crippen LogP contribution >= 0.6 is 0 Å². The van der Waals surface area contributed by atoms with Gasteiger partial charge in [0.2, 0.25) is 0 Å². The highest BCUT2D eigenvalue weighted by molar-refractivity contribution is 6.05. The van der Waals surface area contributed by atoms with Crippen LogP contribution in [0.15, 0.2) is 42.7 Å². The van der Waals surface area contributed by atoms with Crippen LogP contribution in [0.5, 0.6) is 5.75 Å². The molecule has 138 valence electrons. The van der Waals surface area contributed by atoms with Gasteiger partial charge in [0, 0.05) is 30.3 Å². The molecule has 0 aliphatic heterocycles. The number of carbonyl (C=O) groups is 2. The first-order chi connectivity index (χ1) is 12.6. The van der Waals surface area contributed by atoms with Gasteiger partial charge in [-0.25, -0.2) is 0 Å². The predicted molar refractivity (Wildman–Crippen MR) is 102 cm³/mol. The molecule has 0 aliphatic rings. The van der Waals surface area contributed by atoms with E-state index in [0.29, 0.717) is 42.3 Å². The van der Waals surface area contributed by atoms with Crippen LogP contribution in [0.3, 0.4) is 0 Å². The molecule has 26 heavy (non-hydrogen) atoms. The Morgan fingerprint density at radius 2 is 1.69 bits per heavy atom. The number of nitrogens with zero attached hydrogens (tertiary/aromatic N) is 2. The second-order valence-corrected chi connectivity index (χ2v) is 5.77. The zero-order valence-corrected chi connectivity index (χ0v) is 15.5. The van der Waals surface area contributed by atoms with Crippen molar-refractivity contribution in [3.05, 3.63) is 53.9 Å². The fourth-order valence-electron chi connectivity index (χ4n) is 2.45. The van der Waals surface area contributed by atoms with Gasteiger partial charge >= 0.3 is 0 Å². The summed E-state index contributed by atoms with van der Waals surface area (Å²) in [6.07, 6.45) is 4.07. The molecule has 1 aromatic carbocycles. The van der Waals surface area contributed by atoms with Crippen molar-refractivity contribution >= 4 is 17.5 Å². The first-order valence-electron chi connectivity index (χ1n) is 8.87. The lowest BCUT2D eigenvalue weighted by atomic mass is 10.1. The maximum absolute atomic E-state index is 12.4. The molecule has 6 nitrogen and oxygen atoms in total. The summed E-state index contributed by atoms with van der Waals surface area (Å²) >= 11 is 0. The first-order valence-corrected chi connectivity index (χ1v) is 8.87. The summed E-state index contributed by atoms with van der Waals surface area (Å²) in [5, 5.41) is 2.79. The number of pyridine rings is 1. The summed E-state index contributed by atoms with van der Waals surface area (Å²) in [5.74, 6) is 0.318. The highest BCUT2D eigenvalue weighted by atomic mass is 16.5. The molecular weight excluding hydrogens is 330 g/mol. The summed E-state index contributed by atoms with van der Waals surface area (Å²) in [7, 11) is 0. The predicted octanol–water partition coefficient (Wildman–Crippen LogP) is 3.60. The maximum atomic E-state index is 12.4. The van der Waals surface area contributed by atoms with E-state index in [1.807, 2.05) is 20.8 Å². The molecule has 2 amide bonds. The van der Waals surface area contributed by atoms with Gasteiger partial charge in [0.15, 0.2) is 0 Å². The van der Waals surface area contributed by atoms with E-state index in [0.717, 1.165) is 6.42 Å². The summed E-state index contributed by atoms with van der Waals surface area (Å²) in [4.78, 5) is 30.5. The van der Waals surface area contributed by atoms with E-state index in [9.17, 15) is 9.59 Å². The Kier molecular flexibility index (Phi) is 7.14. The van der Waals surface area contributed by atoms with Gasteiger partial charge in [0.1, 0.15) is 5.75 Å². The Bertz CT molecular complexity index is 740. The SMILES string of the molecule is CCCOc1cncc(NC(=O)c2ccc(C(=O)N(CC)CC)cc2)c1. The van der Waals surface area contributed by atoms with Crippen LogP contribution in [0, 0.1) is 0 Å². The van der Waals surface area contributed by atoms with Crippen molar-refractivity contribution in [1.82, 2.24) is 9.88 Å². The summed E-state index contributed by atoms with van der Waals surface area (Å²) in [6.45, 7) is 7.81. The summed E-state index contributed by atoms with van der Waals surface area (Å²) in [6, 6.07) is 8.38. The van der Waals surface area contributed by atoms with Gasteiger partial charge in [-0.05, 0) is 44.5 Å². The average Bonchev–Trinajstić information content (AvgIpc) is 2.67. The van der Waals surface area contributed by atoms with Gasteiger partial charge in [-0.15, -0.1) is 0 Å². The van der Waals surface area contributed by atoms with Gasteiger partial charge < -0.3 is 15.0 Å². The Hall–Kier alpha value is -2.89. The Morgan fingerprint density at radius 3 is 2.31 bits per heavy atom. The Balaban J connectivity index is 2.05. The zero-order valence-electron chi connectivity index (χ0n) is 15.5. The van der Waals surface area contributed by atoms with Crippen molar-refractivity contribution in [3.63, 3.8) is 0 Å². The van der Waals surface area contributed by atoms with E-state index >= 15 is 0 Å². The summed E-state index contributed by atoms with van der Waals surface area (Å²) < 4.78 is 5.51. The van der Waals surface area contributed by atoms with Gasteiger partial charge in [-0.1, -0.05) is 6.92 Å². The van der Waals surface area contributed by atoms with Crippen LogP contribution in [0.2, 0.25) is 0 Å². The van der Waals surface area contributed by atoms with E-state index in [-0.39, 0.29) is 11.8 Å². The largest absolute Gasteiger partial charge is 0.492 e. The smallest absolute Gasteiger partial charge is 0.255 e. The molecule has 2 rings (SSSR count). The van der Waals surface area contributed by atoms with Crippen LogP contribution in [0.25, 0.3) is 0 Å². The first kappa shape index (κ1) is 19.4. The maximum Gasteiger partial charge on any atom is 0.255 e. The number of benzene rings is 1. The number of amides is 2. The molecule has 0 spiro atoms. The zero-order chi connectivity index (χ0) is 18.9. The number of hydrogen-bond donors (Lipinski definition) is 1. The van der Waals surface area contributed by atoms with Gasteiger partial charge in [-0.3, -0.25) is 14.6 Å². The third-order valence-electron chi connectivity index (χ3n) is 3.89. The fourth-order valence-corrected chi connectivity index (χ4v) is 2.45. The van der Waals surface area contributed by atoms with E-state index in [1.54, 1.807) is 47.6 Å². The Labute approximate surface area is 154 Å².